The molecule has 0 aliphatic heterocycles. The van der Waals surface area contributed by atoms with Crippen LogP contribution < -0.4 is 5.32 Å². The van der Waals surface area contributed by atoms with Crippen molar-refractivity contribution in [3.63, 3.8) is 0 Å². The summed E-state index contributed by atoms with van der Waals surface area (Å²) in [5.41, 5.74) is -0.571. The molecular weight excluding hydrogens is 292 g/mol. The van der Waals surface area contributed by atoms with Crippen molar-refractivity contribution in [3.8, 4) is 0 Å². The Bertz CT molecular complexity index is 523. The van der Waals surface area contributed by atoms with Gasteiger partial charge in [0.25, 0.3) is 0 Å². The molecule has 9 nitrogen and oxygen atoms in total. The predicted octanol–water partition coefficient (Wildman–Crippen LogP) is 0.339. The average molecular weight is 314 g/mol. The fourth-order valence-electron chi connectivity index (χ4n) is 1.53. The summed E-state index contributed by atoms with van der Waals surface area (Å²) < 4.78 is 10.9. The Balaban J connectivity index is 2.53. The van der Waals surface area contributed by atoms with Crippen molar-refractivity contribution >= 4 is 12.1 Å². The zero-order valence-electron chi connectivity index (χ0n) is 13.4. The van der Waals surface area contributed by atoms with Gasteiger partial charge in [-0.1, -0.05) is 5.21 Å². The van der Waals surface area contributed by atoms with Crippen molar-refractivity contribution in [1.29, 1.82) is 0 Å². The minimum atomic E-state index is -0.931. The first-order valence-corrected chi connectivity index (χ1v) is 6.78. The molecule has 2 N–H and O–H groups in total. The quantitative estimate of drug-likeness (QED) is 0.753. The van der Waals surface area contributed by atoms with Gasteiger partial charge in [0.05, 0.1) is 32.0 Å². The molecule has 0 fully saturated rings. The summed E-state index contributed by atoms with van der Waals surface area (Å²) in [6, 6.07) is -0.569. The number of amides is 1. The number of carbonyl (C=O) groups is 2. The number of nitrogens with zero attached hydrogens (tertiary/aromatic N) is 3. The normalized spacial score (nSPS) is 14.1. The number of aliphatic hydroxyl groups is 1. The van der Waals surface area contributed by atoms with Gasteiger partial charge in [0.2, 0.25) is 0 Å². The molecule has 1 rings (SSSR count). The molecule has 0 aromatic carbocycles. The highest BCUT2D eigenvalue weighted by molar-refractivity contribution is 5.86. The lowest BCUT2D eigenvalue weighted by molar-refractivity contribution is 0.0415. The minimum Gasteiger partial charge on any atom is -0.464 e. The van der Waals surface area contributed by atoms with Crippen LogP contribution in [0.3, 0.4) is 0 Å². The first-order chi connectivity index (χ1) is 10.1. The Hall–Kier alpha value is -2.16. The van der Waals surface area contributed by atoms with Crippen LogP contribution in [0.2, 0.25) is 0 Å². The highest BCUT2D eigenvalue weighted by atomic mass is 16.6. The maximum Gasteiger partial charge on any atom is 0.407 e. The van der Waals surface area contributed by atoms with Gasteiger partial charge in [-0.15, -0.1) is 5.10 Å². The van der Waals surface area contributed by atoms with Crippen molar-refractivity contribution in [2.45, 2.75) is 52.0 Å². The van der Waals surface area contributed by atoms with E-state index in [-0.39, 0.29) is 12.2 Å². The van der Waals surface area contributed by atoms with Crippen molar-refractivity contribution in [3.05, 3.63) is 11.9 Å². The lowest BCUT2D eigenvalue weighted by atomic mass is 10.2. The largest absolute Gasteiger partial charge is 0.464 e. The lowest BCUT2D eigenvalue weighted by Crippen LogP contribution is -2.45. The number of alkyl carbamates (subject to hydrolysis) is 1. The van der Waals surface area contributed by atoms with E-state index >= 15 is 0 Å². The van der Waals surface area contributed by atoms with Crippen LogP contribution in [-0.4, -0.2) is 57.0 Å². The molecule has 0 bridgehead atoms. The third-order valence-corrected chi connectivity index (χ3v) is 2.63. The first kappa shape index (κ1) is 17.9. The summed E-state index contributed by atoms with van der Waals surface area (Å²) in [6.45, 7) is 6.93. The van der Waals surface area contributed by atoms with Crippen LogP contribution in [0.1, 0.15) is 38.2 Å². The lowest BCUT2D eigenvalue weighted by Gasteiger charge is -2.24. The van der Waals surface area contributed by atoms with Gasteiger partial charge >= 0.3 is 12.1 Å². The Morgan fingerprint density at radius 2 is 2.09 bits per heavy atom. The number of esters is 1. The smallest absolute Gasteiger partial charge is 0.407 e. The van der Waals surface area contributed by atoms with E-state index in [1.54, 1.807) is 27.7 Å². The van der Waals surface area contributed by atoms with E-state index in [9.17, 15) is 14.7 Å². The van der Waals surface area contributed by atoms with E-state index in [1.165, 1.54) is 18.0 Å². The zero-order chi connectivity index (χ0) is 16.9. The fourth-order valence-corrected chi connectivity index (χ4v) is 1.53. The number of hydrogen-bond acceptors (Lipinski definition) is 7. The molecule has 22 heavy (non-hydrogen) atoms. The number of nitrogens with one attached hydrogen (secondary N) is 1. The number of carbonyl (C=O) groups excluding carboxylic acids is 2. The molecule has 0 saturated heterocycles. The summed E-state index contributed by atoms with van der Waals surface area (Å²) in [5, 5.41) is 19.9. The molecule has 9 heteroatoms. The number of ether oxygens (including phenoxy) is 2. The topological polar surface area (TPSA) is 116 Å². The van der Waals surface area contributed by atoms with Gasteiger partial charge in [-0.2, -0.15) is 0 Å². The van der Waals surface area contributed by atoms with Gasteiger partial charge in [0, 0.05) is 0 Å². The van der Waals surface area contributed by atoms with Gasteiger partial charge in [-0.3, -0.25) is 0 Å². The van der Waals surface area contributed by atoms with E-state index in [4.69, 9.17) is 4.74 Å². The SMILES string of the molecule is COC(=O)c1cn(CC(O)C(C)NC(=O)OC(C)(C)C)nn1. The van der Waals surface area contributed by atoms with Gasteiger partial charge in [-0.05, 0) is 27.7 Å². The Morgan fingerprint density at radius 3 is 2.64 bits per heavy atom. The van der Waals surface area contributed by atoms with Gasteiger partial charge < -0.3 is 19.9 Å². The maximum atomic E-state index is 11.6. The van der Waals surface area contributed by atoms with E-state index in [2.05, 4.69) is 20.4 Å². The second kappa shape index (κ2) is 7.21. The average Bonchev–Trinajstić information content (AvgIpc) is 2.83. The maximum absolute atomic E-state index is 11.6. The molecule has 0 aliphatic carbocycles. The molecule has 1 aromatic heterocycles. The zero-order valence-corrected chi connectivity index (χ0v) is 13.4. The third-order valence-electron chi connectivity index (χ3n) is 2.63. The number of aromatic nitrogens is 3. The number of aliphatic hydroxyl groups excluding tert-OH is 1. The molecule has 0 radical (unpaired) electrons. The van der Waals surface area contributed by atoms with Crippen molar-refractivity contribution in [2.75, 3.05) is 7.11 Å². The standard InChI is InChI=1S/C13H22N4O5/c1-8(14-12(20)22-13(2,3)4)10(18)7-17-6-9(15-16-17)11(19)21-5/h6,8,10,18H,7H2,1-5H3,(H,14,20). The highest BCUT2D eigenvalue weighted by Gasteiger charge is 2.22. The Labute approximate surface area is 128 Å². The van der Waals surface area contributed by atoms with Crippen LogP contribution in [0, 0.1) is 0 Å². The molecule has 2 atom stereocenters. The van der Waals surface area contributed by atoms with E-state index in [0.717, 1.165) is 0 Å². The summed E-state index contributed by atoms with van der Waals surface area (Å²) in [6.07, 6.45) is -0.192. The van der Waals surface area contributed by atoms with Crippen LogP contribution in [-0.2, 0) is 16.0 Å². The van der Waals surface area contributed by atoms with Gasteiger partial charge in [0.15, 0.2) is 5.69 Å². The molecule has 1 amide bonds. The third kappa shape index (κ3) is 5.68. The highest BCUT2D eigenvalue weighted by Crippen LogP contribution is 2.07. The molecule has 2 unspecified atom stereocenters. The van der Waals surface area contributed by atoms with Crippen LogP contribution in [0.15, 0.2) is 6.20 Å². The number of hydrogen-bond donors (Lipinski definition) is 2. The molecule has 0 spiro atoms. The predicted molar refractivity (Wildman–Crippen MR) is 76.2 cm³/mol. The molecule has 1 heterocycles. The Morgan fingerprint density at radius 1 is 1.45 bits per heavy atom. The van der Waals surface area contributed by atoms with Crippen molar-refractivity contribution < 1.29 is 24.2 Å². The molecule has 124 valence electrons. The monoisotopic (exact) mass is 314 g/mol. The summed E-state index contributed by atoms with van der Waals surface area (Å²) in [4.78, 5) is 22.9. The molecular formula is C13H22N4O5. The summed E-state index contributed by atoms with van der Waals surface area (Å²) in [5.74, 6) is -0.610. The molecule has 0 saturated carbocycles. The molecule has 1 aromatic rings. The summed E-state index contributed by atoms with van der Waals surface area (Å²) >= 11 is 0. The van der Waals surface area contributed by atoms with Gasteiger partial charge in [0.1, 0.15) is 5.60 Å². The number of methoxy groups -OCH3 is 1. The van der Waals surface area contributed by atoms with Gasteiger partial charge in [-0.25, -0.2) is 14.3 Å². The second-order valence-electron chi connectivity index (χ2n) is 5.82. The van der Waals surface area contributed by atoms with Crippen LogP contribution in [0.5, 0.6) is 0 Å². The van der Waals surface area contributed by atoms with Crippen molar-refractivity contribution in [1.82, 2.24) is 20.3 Å². The first-order valence-electron chi connectivity index (χ1n) is 6.78. The van der Waals surface area contributed by atoms with Crippen LogP contribution in [0.4, 0.5) is 4.79 Å². The second-order valence-corrected chi connectivity index (χ2v) is 5.82. The minimum absolute atomic E-state index is 0.0439. The van der Waals surface area contributed by atoms with Crippen molar-refractivity contribution in [2.24, 2.45) is 0 Å². The summed E-state index contributed by atoms with van der Waals surface area (Å²) in [7, 11) is 1.24. The molecule has 0 aliphatic rings. The van der Waals surface area contributed by atoms with Crippen LogP contribution in [0.25, 0.3) is 0 Å². The fraction of sp³-hybridized carbons (Fsp3) is 0.692. The van der Waals surface area contributed by atoms with E-state index < -0.39 is 29.8 Å². The van der Waals surface area contributed by atoms with E-state index in [1.807, 2.05) is 0 Å². The Kier molecular flexibility index (Phi) is 5.86. The van der Waals surface area contributed by atoms with E-state index in [0.29, 0.717) is 0 Å². The van der Waals surface area contributed by atoms with Crippen LogP contribution >= 0.6 is 0 Å². The number of rotatable bonds is 5.